The minimum absolute atomic E-state index is 0.768. The summed E-state index contributed by atoms with van der Waals surface area (Å²) in [6.45, 7) is 6.97. The van der Waals surface area contributed by atoms with Crippen LogP contribution in [-0.2, 0) is 6.42 Å². The molecule has 1 saturated carbocycles. The third-order valence-corrected chi connectivity index (χ3v) is 4.84. The molecule has 0 aromatic carbocycles. The van der Waals surface area contributed by atoms with Crippen LogP contribution in [0, 0.1) is 17.8 Å². The van der Waals surface area contributed by atoms with Crippen LogP contribution in [0.25, 0.3) is 0 Å². The smallest absolute Gasteiger partial charge is 0.00176 e. The summed E-state index contributed by atoms with van der Waals surface area (Å²) in [7, 11) is 0. The fourth-order valence-electron chi connectivity index (χ4n) is 3.09. The first-order valence-corrected chi connectivity index (χ1v) is 8.41. The quantitative estimate of drug-likeness (QED) is 0.806. The van der Waals surface area contributed by atoms with Gasteiger partial charge in [0.15, 0.2) is 0 Å². The van der Waals surface area contributed by atoms with Crippen LogP contribution in [0.1, 0.15) is 45.1 Å². The van der Waals surface area contributed by atoms with E-state index in [9.17, 15) is 0 Å². The zero-order valence-electron chi connectivity index (χ0n) is 11.8. The Morgan fingerprint density at radius 1 is 1.28 bits per heavy atom. The van der Waals surface area contributed by atoms with Crippen molar-refractivity contribution in [1.29, 1.82) is 0 Å². The molecule has 0 amide bonds. The predicted octanol–water partition coefficient (Wildman–Crippen LogP) is 4.34. The van der Waals surface area contributed by atoms with Gasteiger partial charge in [0.05, 0.1) is 0 Å². The van der Waals surface area contributed by atoms with Crippen molar-refractivity contribution in [3.8, 4) is 0 Å². The van der Waals surface area contributed by atoms with E-state index in [-0.39, 0.29) is 0 Å². The topological polar surface area (TPSA) is 12.0 Å². The van der Waals surface area contributed by atoms with E-state index in [1.807, 2.05) is 11.3 Å². The van der Waals surface area contributed by atoms with E-state index in [1.165, 1.54) is 45.2 Å². The molecule has 102 valence electrons. The lowest BCUT2D eigenvalue weighted by molar-refractivity contribution is 0.227. The number of hydrogen-bond donors (Lipinski definition) is 1. The van der Waals surface area contributed by atoms with Crippen LogP contribution in [0.5, 0.6) is 0 Å². The lowest BCUT2D eigenvalue weighted by Gasteiger charge is -2.32. The zero-order chi connectivity index (χ0) is 12.8. The van der Waals surface area contributed by atoms with E-state index in [1.54, 1.807) is 5.56 Å². The van der Waals surface area contributed by atoms with Gasteiger partial charge in [0, 0.05) is 0 Å². The van der Waals surface area contributed by atoms with Gasteiger partial charge in [0.2, 0.25) is 0 Å². The van der Waals surface area contributed by atoms with Crippen molar-refractivity contribution in [2.45, 2.75) is 46.0 Å². The molecule has 0 spiro atoms. The maximum atomic E-state index is 3.67. The van der Waals surface area contributed by atoms with Gasteiger partial charge in [-0.25, -0.2) is 0 Å². The predicted molar refractivity (Wildman–Crippen MR) is 81.2 cm³/mol. The molecule has 1 aliphatic carbocycles. The largest absolute Gasteiger partial charge is 0.316 e. The van der Waals surface area contributed by atoms with Crippen molar-refractivity contribution in [2.24, 2.45) is 17.8 Å². The van der Waals surface area contributed by atoms with Crippen LogP contribution in [-0.4, -0.2) is 13.1 Å². The van der Waals surface area contributed by atoms with Gasteiger partial charge in [0.1, 0.15) is 0 Å². The Bertz CT molecular complexity index is 318. The number of thiophene rings is 1. The number of rotatable bonds is 6. The highest BCUT2D eigenvalue weighted by atomic mass is 32.1. The molecule has 2 atom stereocenters. The second-order valence-corrected chi connectivity index (χ2v) is 6.97. The average molecular weight is 265 g/mol. The molecule has 0 saturated heterocycles. The fraction of sp³-hybridized carbons (Fsp3) is 0.750. The summed E-state index contributed by atoms with van der Waals surface area (Å²) in [5, 5.41) is 8.21. The molecular formula is C16H27NS. The van der Waals surface area contributed by atoms with E-state index in [0.717, 1.165) is 17.8 Å². The molecule has 2 unspecified atom stereocenters. The van der Waals surface area contributed by atoms with Crippen LogP contribution >= 0.6 is 11.3 Å². The summed E-state index contributed by atoms with van der Waals surface area (Å²) in [5.41, 5.74) is 1.56. The summed E-state index contributed by atoms with van der Waals surface area (Å²) >= 11 is 1.84. The summed E-state index contributed by atoms with van der Waals surface area (Å²) < 4.78 is 0. The lowest BCUT2D eigenvalue weighted by Crippen LogP contribution is -2.33. The molecule has 1 aliphatic rings. The van der Waals surface area contributed by atoms with E-state index in [4.69, 9.17) is 0 Å². The molecule has 1 nitrogen and oxygen atoms in total. The van der Waals surface area contributed by atoms with E-state index >= 15 is 0 Å². The molecule has 2 rings (SSSR count). The standard InChI is InChI=1S/C16H27NS/c1-13(2)10-17-11-16-6-4-3-5-15(16)9-14-7-8-18-12-14/h7-8,12-13,15-17H,3-6,9-11H2,1-2H3. The van der Waals surface area contributed by atoms with E-state index in [2.05, 4.69) is 36.0 Å². The normalized spacial score (nSPS) is 24.6. The Balaban J connectivity index is 1.81. The van der Waals surface area contributed by atoms with Gasteiger partial charge in [-0.2, -0.15) is 11.3 Å². The molecule has 1 aromatic rings. The third kappa shape index (κ3) is 4.40. The van der Waals surface area contributed by atoms with E-state index < -0.39 is 0 Å². The van der Waals surface area contributed by atoms with Gasteiger partial charge in [-0.15, -0.1) is 0 Å². The fourth-order valence-corrected chi connectivity index (χ4v) is 3.77. The maximum Gasteiger partial charge on any atom is -0.00176 e. The highest BCUT2D eigenvalue weighted by Gasteiger charge is 2.24. The molecule has 1 aromatic heterocycles. The Morgan fingerprint density at radius 2 is 2.06 bits per heavy atom. The van der Waals surface area contributed by atoms with Crippen LogP contribution in [0.4, 0.5) is 0 Å². The molecule has 1 N–H and O–H groups in total. The van der Waals surface area contributed by atoms with Crippen LogP contribution in [0.2, 0.25) is 0 Å². The van der Waals surface area contributed by atoms with Gasteiger partial charge in [-0.3, -0.25) is 0 Å². The first-order chi connectivity index (χ1) is 8.75. The second kappa shape index (κ2) is 7.30. The summed E-state index contributed by atoms with van der Waals surface area (Å²) in [4.78, 5) is 0. The van der Waals surface area contributed by atoms with Gasteiger partial charge < -0.3 is 5.32 Å². The van der Waals surface area contributed by atoms with Gasteiger partial charge >= 0.3 is 0 Å². The summed E-state index contributed by atoms with van der Waals surface area (Å²) in [6.07, 6.45) is 7.05. The molecule has 1 fully saturated rings. The van der Waals surface area contributed by atoms with Gasteiger partial charge in [-0.1, -0.05) is 26.7 Å². The highest BCUT2D eigenvalue weighted by molar-refractivity contribution is 7.07. The molecular weight excluding hydrogens is 238 g/mol. The minimum atomic E-state index is 0.768. The average Bonchev–Trinajstić information content (AvgIpc) is 2.84. The van der Waals surface area contributed by atoms with Gasteiger partial charge in [0.25, 0.3) is 0 Å². The molecule has 0 aliphatic heterocycles. The van der Waals surface area contributed by atoms with Crippen LogP contribution < -0.4 is 5.32 Å². The van der Waals surface area contributed by atoms with Gasteiger partial charge in [-0.05, 0) is 72.5 Å². The number of nitrogens with one attached hydrogen (secondary N) is 1. The Hall–Kier alpha value is -0.340. The second-order valence-electron chi connectivity index (χ2n) is 6.19. The van der Waals surface area contributed by atoms with Crippen molar-refractivity contribution >= 4 is 11.3 Å². The molecule has 0 radical (unpaired) electrons. The molecule has 0 bridgehead atoms. The van der Waals surface area contributed by atoms with Crippen LogP contribution in [0.3, 0.4) is 0 Å². The molecule has 2 heteroatoms. The molecule has 18 heavy (non-hydrogen) atoms. The number of hydrogen-bond acceptors (Lipinski definition) is 2. The van der Waals surface area contributed by atoms with Crippen molar-refractivity contribution in [3.05, 3.63) is 22.4 Å². The first-order valence-electron chi connectivity index (χ1n) is 7.47. The zero-order valence-corrected chi connectivity index (χ0v) is 12.6. The van der Waals surface area contributed by atoms with Crippen molar-refractivity contribution in [1.82, 2.24) is 5.32 Å². The Labute approximate surface area is 116 Å². The molecule has 1 heterocycles. The lowest BCUT2D eigenvalue weighted by atomic mass is 9.76. The van der Waals surface area contributed by atoms with Crippen molar-refractivity contribution < 1.29 is 0 Å². The third-order valence-electron chi connectivity index (χ3n) is 4.10. The monoisotopic (exact) mass is 265 g/mol. The highest BCUT2D eigenvalue weighted by Crippen LogP contribution is 2.32. The Kier molecular flexibility index (Phi) is 5.71. The van der Waals surface area contributed by atoms with Crippen LogP contribution in [0.15, 0.2) is 16.8 Å². The summed E-state index contributed by atoms with van der Waals surface area (Å²) in [5.74, 6) is 2.58. The minimum Gasteiger partial charge on any atom is -0.316 e. The maximum absolute atomic E-state index is 3.67. The van der Waals surface area contributed by atoms with Crippen molar-refractivity contribution in [3.63, 3.8) is 0 Å². The summed E-state index contributed by atoms with van der Waals surface area (Å²) in [6, 6.07) is 2.30. The SMILES string of the molecule is CC(C)CNCC1CCCCC1Cc1ccsc1. The van der Waals surface area contributed by atoms with Crippen molar-refractivity contribution in [2.75, 3.05) is 13.1 Å². The first kappa shape index (κ1) is 14.1. The van der Waals surface area contributed by atoms with E-state index in [0.29, 0.717) is 0 Å². The Morgan fingerprint density at radius 3 is 2.72 bits per heavy atom.